The molecule has 0 heterocycles. The first kappa shape index (κ1) is 66.6. The third kappa shape index (κ3) is 56.3. The van der Waals surface area contributed by atoms with Gasteiger partial charge in [0.25, 0.3) is 0 Å². The van der Waals surface area contributed by atoms with Gasteiger partial charge >= 0.3 is 17.9 Å². The largest absolute Gasteiger partial charge is 0.462 e. The van der Waals surface area contributed by atoms with Crippen molar-refractivity contribution < 1.29 is 28.6 Å². The molecule has 0 aliphatic carbocycles. The lowest BCUT2D eigenvalue weighted by molar-refractivity contribution is -0.167. The minimum atomic E-state index is -0.823. The summed E-state index contributed by atoms with van der Waals surface area (Å²) in [5.41, 5.74) is 0. The average molecular weight is 982 g/mol. The number of hydrogen-bond acceptors (Lipinski definition) is 6. The molecule has 0 aliphatic rings. The average Bonchev–Trinajstić information content (AvgIpc) is 3.37. The molecule has 6 heteroatoms. The molecule has 0 aliphatic heterocycles. The van der Waals surface area contributed by atoms with Gasteiger partial charge in [0.2, 0.25) is 0 Å². The smallest absolute Gasteiger partial charge is 0.306 e. The quantitative estimate of drug-likeness (QED) is 0.0262. The first-order chi connectivity index (χ1) is 35.0. The van der Waals surface area contributed by atoms with E-state index in [1.807, 2.05) is 0 Å². The van der Waals surface area contributed by atoms with Crippen LogP contribution in [0.2, 0.25) is 0 Å². The van der Waals surface area contributed by atoms with E-state index in [9.17, 15) is 14.4 Å². The zero-order valence-electron chi connectivity index (χ0n) is 45.7. The molecule has 0 saturated carbocycles. The van der Waals surface area contributed by atoms with Gasteiger partial charge in [0.05, 0.1) is 0 Å². The summed E-state index contributed by atoms with van der Waals surface area (Å²) in [7, 11) is 0. The molecule has 71 heavy (non-hydrogen) atoms. The van der Waals surface area contributed by atoms with Crippen molar-refractivity contribution in [1.29, 1.82) is 0 Å². The van der Waals surface area contributed by atoms with Crippen LogP contribution in [0.15, 0.2) is 134 Å². The summed E-state index contributed by atoms with van der Waals surface area (Å²) in [5.74, 6) is -0.998. The number of unbranched alkanes of at least 4 members (excludes halogenated alkanes) is 17. The van der Waals surface area contributed by atoms with Crippen molar-refractivity contribution in [2.45, 2.75) is 245 Å². The Morgan fingerprint density at radius 1 is 0.296 bits per heavy atom. The number of esters is 3. The molecular weight excluding hydrogens is 877 g/mol. The zero-order chi connectivity index (χ0) is 51.4. The van der Waals surface area contributed by atoms with Gasteiger partial charge in [-0.2, -0.15) is 0 Å². The minimum absolute atomic E-state index is 0.114. The van der Waals surface area contributed by atoms with Crippen molar-refractivity contribution in [3.63, 3.8) is 0 Å². The zero-order valence-corrected chi connectivity index (χ0v) is 45.7. The summed E-state index contributed by atoms with van der Waals surface area (Å²) in [4.78, 5) is 38.2. The third-order valence-corrected chi connectivity index (χ3v) is 11.6. The van der Waals surface area contributed by atoms with Gasteiger partial charge in [-0.05, 0) is 128 Å². The third-order valence-electron chi connectivity index (χ3n) is 11.6. The molecule has 0 aromatic rings. The Hall–Kier alpha value is -4.45. The molecule has 0 bridgehead atoms. The molecule has 0 aromatic carbocycles. The molecular formula is C65H104O6. The number of ether oxygens (including phenoxy) is 3. The highest BCUT2D eigenvalue weighted by atomic mass is 16.6. The Morgan fingerprint density at radius 3 is 0.901 bits per heavy atom. The number of allylic oxidation sites excluding steroid dienone is 22. The summed E-state index contributed by atoms with van der Waals surface area (Å²) in [6.45, 7) is 6.31. The summed E-state index contributed by atoms with van der Waals surface area (Å²) >= 11 is 0. The first-order valence-corrected chi connectivity index (χ1v) is 28.7. The van der Waals surface area contributed by atoms with E-state index >= 15 is 0 Å². The molecule has 6 nitrogen and oxygen atoms in total. The number of carbonyl (C=O) groups is 3. The van der Waals surface area contributed by atoms with E-state index in [2.05, 4.69) is 154 Å². The molecule has 1 atom stereocenters. The van der Waals surface area contributed by atoms with E-state index in [0.29, 0.717) is 19.3 Å². The van der Waals surface area contributed by atoms with Crippen molar-refractivity contribution in [3.05, 3.63) is 134 Å². The van der Waals surface area contributed by atoms with Crippen LogP contribution in [0.25, 0.3) is 0 Å². The molecule has 0 rings (SSSR count). The van der Waals surface area contributed by atoms with E-state index in [0.717, 1.165) is 135 Å². The molecule has 0 amide bonds. The minimum Gasteiger partial charge on any atom is -0.462 e. The van der Waals surface area contributed by atoms with Crippen molar-refractivity contribution in [2.24, 2.45) is 0 Å². The summed E-state index contributed by atoms with van der Waals surface area (Å²) in [6.07, 6.45) is 81.6. The fourth-order valence-electron chi connectivity index (χ4n) is 7.38. The van der Waals surface area contributed by atoms with Crippen molar-refractivity contribution >= 4 is 17.9 Å². The normalized spacial score (nSPS) is 13.1. The molecule has 0 aromatic heterocycles. The van der Waals surface area contributed by atoms with Crippen LogP contribution in [0, 0.1) is 0 Å². The summed E-state index contributed by atoms with van der Waals surface area (Å²) in [5, 5.41) is 0. The second-order valence-electron chi connectivity index (χ2n) is 18.4. The molecule has 0 N–H and O–H groups in total. The molecule has 0 fully saturated rings. The monoisotopic (exact) mass is 981 g/mol. The lowest BCUT2D eigenvalue weighted by Gasteiger charge is -2.18. The number of carbonyl (C=O) groups excluding carboxylic acids is 3. The number of rotatable bonds is 50. The molecule has 1 unspecified atom stereocenters. The first-order valence-electron chi connectivity index (χ1n) is 28.7. The highest BCUT2D eigenvalue weighted by Crippen LogP contribution is 2.13. The fourth-order valence-corrected chi connectivity index (χ4v) is 7.38. The number of hydrogen-bond donors (Lipinski definition) is 0. The predicted octanol–water partition coefficient (Wildman–Crippen LogP) is 19.4. The van der Waals surface area contributed by atoms with E-state index in [4.69, 9.17) is 14.2 Å². The Balaban J connectivity index is 4.51. The molecule has 0 spiro atoms. The van der Waals surface area contributed by atoms with Crippen LogP contribution in [0.4, 0.5) is 0 Å². The van der Waals surface area contributed by atoms with Crippen LogP contribution in [0.1, 0.15) is 239 Å². The van der Waals surface area contributed by atoms with Crippen LogP contribution < -0.4 is 0 Å². The highest BCUT2D eigenvalue weighted by molar-refractivity contribution is 5.71. The highest BCUT2D eigenvalue weighted by Gasteiger charge is 2.19. The van der Waals surface area contributed by atoms with E-state index in [1.165, 1.54) is 57.8 Å². The van der Waals surface area contributed by atoms with E-state index < -0.39 is 6.10 Å². The van der Waals surface area contributed by atoms with Crippen LogP contribution in [0.3, 0.4) is 0 Å². The lowest BCUT2D eigenvalue weighted by atomic mass is 10.1. The SMILES string of the molecule is CC/C=C\C/C=C\C/C=C\C/C=C\C/C=C\CCCC(=O)OC(COC(=O)CCCCCCC/C=C\C/C=C\CCCCC)COC(=O)CCCCCCCCCC/C=C\C/C=C\C/C=C\C/C=C\CC. The van der Waals surface area contributed by atoms with E-state index in [1.54, 1.807) is 0 Å². The van der Waals surface area contributed by atoms with Crippen LogP contribution >= 0.6 is 0 Å². The van der Waals surface area contributed by atoms with Crippen LogP contribution in [-0.2, 0) is 28.6 Å². The van der Waals surface area contributed by atoms with Gasteiger partial charge in [-0.1, -0.05) is 225 Å². The Morgan fingerprint density at radius 2 is 0.563 bits per heavy atom. The second kappa shape index (κ2) is 58.1. The molecule has 0 radical (unpaired) electrons. The maximum Gasteiger partial charge on any atom is 0.306 e. The lowest BCUT2D eigenvalue weighted by Crippen LogP contribution is -2.30. The fraction of sp³-hybridized carbons (Fsp3) is 0.615. The van der Waals surface area contributed by atoms with Gasteiger partial charge in [-0.3, -0.25) is 14.4 Å². The van der Waals surface area contributed by atoms with Crippen molar-refractivity contribution in [2.75, 3.05) is 13.2 Å². The molecule has 0 saturated heterocycles. The van der Waals surface area contributed by atoms with Gasteiger partial charge in [0, 0.05) is 19.3 Å². The molecule has 400 valence electrons. The standard InChI is InChI=1S/C65H104O6/c1-4-7-10-13-16-19-22-25-28-30-31-32-33-35-37-40-43-46-49-52-55-58-64(67)70-61-62(60-69-63(66)57-54-51-48-45-42-39-36-27-24-21-18-15-12-9-6-3)71-65(68)59-56-53-50-47-44-41-38-34-29-26-23-20-17-14-11-8-5-2/h7-8,10-11,16-21,25-29,31-32,36,38,41,47,50,62H,4-6,9,12-15,22-24,30,33-35,37,39-40,42-46,48-49,51-61H2,1-3H3/b10-7-,11-8-,19-16-,20-17-,21-18-,28-25-,29-26-,32-31-,36-27-,41-38-,50-47-. The summed E-state index contributed by atoms with van der Waals surface area (Å²) in [6, 6.07) is 0. The second-order valence-corrected chi connectivity index (χ2v) is 18.4. The van der Waals surface area contributed by atoms with Crippen LogP contribution in [-0.4, -0.2) is 37.2 Å². The Labute approximate surface area is 436 Å². The maximum atomic E-state index is 12.8. The van der Waals surface area contributed by atoms with Gasteiger partial charge in [-0.15, -0.1) is 0 Å². The van der Waals surface area contributed by atoms with Gasteiger partial charge in [0.1, 0.15) is 13.2 Å². The van der Waals surface area contributed by atoms with Gasteiger partial charge in [-0.25, -0.2) is 0 Å². The summed E-state index contributed by atoms with van der Waals surface area (Å²) < 4.78 is 16.8. The Kier molecular flexibility index (Phi) is 54.5. The van der Waals surface area contributed by atoms with E-state index in [-0.39, 0.29) is 37.5 Å². The van der Waals surface area contributed by atoms with Gasteiger partial charge < -0.3 is 14.2 Å². The topological polar surface area (TPSA) is 78.9 Å². The maximum absolute atomic E-state index is 12.8. The van der Waals surface area contributed by atoms with Crippen molar-refractivity contribution in [3.8, 4) is 0 Å². The Bertz CT molecular complexity index is 1550. The van der Waals surface area contributed by atoms with Gasteiger partial charge in [0.15, 0.2) is 6.10 Å². The predicted molar refractivity (Wildman–Crippen MR) is 306 cm³/mol. The van der Waals surface area contributed by atoms with Crippen molar-refractivity contribution in [1.82, 2.24) is 0 Å². The van der Waals surface area contributed by atoms with Crippen LogP contribution in [0.5, 0.6) is 0 Å².